The third kappa shape index (κ3) is 5.40. The number of carbonyl (C=O) groups excluding carboxylic acids is 1. The third-order valence-corrected chi connectivity index (χ3v) is 6.55. The number of rotatable bonds is 7. The van der Waals surface area contributed by atoms with Gasteiger partial charge in [0.2, 0.25) is 0 Å². The van der Waals surface area contributed by atoms with Gasteiger partial charge >= 0.3 is 0 Å². The van der Waals surface area contributed by atoms with Crippen molar-refractivity contribution in [2.45, 2.75) is 37.6 Å². The van der Waals surface area contributed by atoms with Crippen LogP contribution in [0.1, 0.15) is 33.8 Å². The minimum Gasteiger partial charge on any atom is -0.351 e. The molecule has 3 heterocycles. The van der Waals surface area contributed by atoms with E-state index in [4.69, 9.17) is 0 Å². The first kappa shape index (κ1) is 20.0. The first-order chi connectivity index (χ1) is 13.0. The Morgan fingerprint density at radius 3 is 3.00 bits per heavy atom. The first-order valence-corrected chi connectivity index (χ1v) is 11.0. The highest BCUT2D eigenvalue weighted by molar-refractivity contribution is 8.01. The number of amides is 1. The molecule has 0 aromatic carbocycles. The molecule has 146 valence electrons. The Bertz CT molecular complexity index is 843. The number of nitrogens with zero attached hydrogens (tertiary/aromatic N) is 3. The van der Waals surface area contributed by atoms with Gasteiger partial charge in [-0.05, 0) is 57.3 Å². The lowest BCUT2D eigenvalue weighted by molar-refractivity contribution is 0.0953. The van der Waals surface area contributed by atoms with E-state index in [2.05, 4.69) is 20.8 Å². The molecule has 3 rings (SSSR count). The van der Waals surface area contributed by atoms with Crippen molar-refractivity contribution >= 4 is 29.0 Å². The second-order valence-corrected chi connectivity index (χ2v) is 9.26. The maximum Gasteiger partial charge on any atom is 0.263 e. The summed E-state index contributed by atoms with van der Waals surface area (Å²) in [5, 5.41) is 15.2. The molecule has 0 saturated carbocycles. The lowest BCUT2D eigenvalue weighted by Crippen LogP contribution is -2.38. The van der Waals surface area contributed by atoms with E-state index in [9.17, 15) is 9.59 Å². The predicted molar refractivity (Wildman–Crippen MR) is 109 cm³/mol. The van der Waals surface area contributed by atoms with Gasteiger partial charge in [-0.15, -0.1) is 10.2 Å². The smallest absolute Gasteiger partial charge is 0.263 e. The summed E-state index contributed by atoms with van der Waals surface area (Å²) in [7, 11) is 0. The van der Waals surface area contributed by atoms with Crippen LogP contribution in [0.25, 0.3) is 0 Å². The molecule has 1 aliphatic rings. The minimum atomic E-state index is -0.303. The van der Waals surface area contributed by atoms with Gasteiger partial charge in [0.05, 0.1) is 0 Å². The fraction of sp³-hybridized carbons (Fsp3) is 0.556. The summed E-state index contributed by atoms with van der Waals surface area (Å²) < 4.78 is 2.57. The van der Waals surface area contributed by atoms with Gasteiger partial charge in [-0.25, -0.2) is 0 Å². The topological polar surface area (TPSA) is 88.9 Å². The summed E-state index contributed by atoms with van der Waals surface area (Å²) >= 11 is 3.09. The van der Waals surface area contributed by atoms with Crippen LogP contribution in [-0.2, 0) is 6.54 Å². The minimum absolute atomic E-state index is 0.203. The van der Waals surface area contributed by atoms with E-state index in [1.807, 2.05) is 19.9 Å². The molecule has 1 unspecified atom stereocenters. The summed E-state index contributed by atoms with van der Waals surface area (Å²) in [4.78, 5) is 25.4. The van der Waals surface area contributed by atoms with E-state index in [1.54, 1.807) is 22.5 Å². The van der Waals surface area contributed by atoms with Crippen molar-refractivity contribution in [2.24, 2.45) is 5.92 Å². The van der Waals surface area contributed by atoms with E-state index in [-0.39, 0.29) is 17.0 Å². The summed E-state index contributed by atoms with van der Waals surface area (Å²) in [6, 6.07) is 1.85. The predicted octanol–water partition coefficient (Wildman–Crippen LogP) is 1.84. The Morgan fingerprint density at radius 1 is 1.44 bits per heavy atom. The molecule has 0 bridgehead atoms. The Balaban J connectivity index is 1.59. The monoisotopic (exact) mass is 407 g/mol. The van der Waals surface area contributed by atoms with Crippen molar-refractivity contribution in [3.05, 3.63) is 38.8 Å². The zero-order chi connectivity index (χ0) is 19.2. The zero-order valence-corrected chi connectivity index (χ0v) is 17.3. The molecule has 2 aromatic rings. The fourth-order valence-corrected chi connectivity index (χ4v) is 4.91. The fourth-order valence-electron chi connectivity index (χ4n) is 3.17. The van der Waals surface area contributed by atoms with Crippen LogP contribution in [0.15, 0.2) is 21.4 Å². The number of thioether (sulfide) groups is 1. The molecule has 0 radical (unpaired) electrons. The van der Waals surface area contributed by atoms with E-state index >= 15 is 0 Å². The molecule has 27 heavy (non-hydrogen) atoms. The number of nitrogens with one attached hydrogen (secondary N) is 2. The second kappa shape index (κ2) is 9.48. The highest BCUT2D eigenvalue weighted by Gasteiger charge is 2.19. The Hall–Kier alpha value is -1.71. The van der Waals surface area contributed by atoms with Crippen LogP contribution in [0.4, 0.5) is 0 Å². The van der Waals surface area contributed by atoms with Gasteiger partial charge in [0.15, 0.2) is 4.34 Å². The number of aryl methyl sites for hydroxylation is 2. The molecule has 0 spiro atoms. The van der Waals surface area contributed by atoms with Crippen molar-refractivity contribution in [1.82, 2.24) is 25.4 Å². The van der Waals surface area contributed by atoms with Crippen molar-refractivity contribution in [2.75, 3.05) is 25.4 Å². The van der Waals surface area contributed by atoms with E-state index < -0.39 is 0 Å². The highest BCUT2D eigenvalue weighted by atomic mass is 32.2. The molecule has 2 N–H and O–H groups in total. The molecule has 1 saturated heterocycles. The van der Waals surface area contributed by atoms with Gasteiger partial charge in [0.25, 0.3) is 11.5 Å². The molecule has 1 aliphatic heterocycles. The van der Waals surface area contributed by atoms with Crippen molar-refractivity contribution in [3.8, 4) is 0 Å². The van der Waals surface area contributed by atoms with Crippen LogP contribution < -0.4 is 16.2 Å². The van der Waals surface area contributed by atoms with Gasteiger partial charge in [-0.2, -0.15) is 0 Å². The van der Waals surface area contributed by atoms with E-state index in [0.717, 1.165) is 35.3 Å². The lowest BCUT2D eigenvalue weighted by Gasteiger charge is -2.23. The average Bonchev–Trinajstić information content (AvgIpc) is 3.07. The Kier molecular flexibility index (Phi) is 7.03. The lowest BCUT2D eigenvalue weighted by atomic mass is 9.99. The number of piperidine rings is 1. The summed E-state index contributed by atoms with van der Waals surface area (Å²) in [5.41, 5.74) is 0.756. The maximum atomic E-state index is 12.8. The van der Waals surface area contributed by atoms with Crippen LogP contribution in [0.3, 0.4) is 0 Å². The molecule has 7 nitrogen and oxygen atoms in total. The van der Waals surface area contributed by atoms with Gasteiger partial charge in [-0.3, -0.25) is 9.59 Å². The van der Waals surface area contributed by atoms with Crippen LogP contribution in [0.5, 0.6) is 0 Å². The molecule has 9 heteroatoms. The molecule has 1 amide bonds. The normalized spacial score (nSPS) is 17.0. The van der Waals surface area contributed by atoms with Crippen LogP contribution in [-0.4, -0.2) is 46.1 Å². The number of hydrogen-bond donors (Lipinski definition) is 2. The molecule has 2 aromatic heterocycles. The van der Waals surface area contributed by atoms with E-state index in [0.29, 0.717) is 30.3 Å². The summed E-state index contributed by atoms with van der Waals surface area (Å²) in [6.07, 6.45) is 4.04. The van der Waals surface area contributed by atoms with Crippen LogP contribution >= 0.6 is 23.1 Å². The van der Waals surface area contributed by atoms with Gasteiger partial charge in [0, 0.05) is 25.0 Å². The maximum absolute atomic E-state index is 12.8. The summed E-state index contributed by atoms with van der Waals surface area (Å²) in [5.74, 6) is 0.818. The van der Waals surface area contributed by atoms with Crippen molar-refractivity contribution in [3.63, 3.8) is 0 Å². The van der Waals surface area contributed by atoms with Gasteiger partial charge < -0.3 is 15.2 Å². The Labute approximate surface area is 167 Å². The van der Waals surface area contributed by atoms with Crippen molar-refractivity contribution in [1.29, 1.82) is 0 Å². The van der Waals surface area contributed by atoms with E-state index in [1.165, 1.54) is 11.3 Å². The number of hydrogen-bond acceptors (Lipinski definition) is 7. The standard InChI is InChI=1S/C18H25N5O2S2/c1-12-5-8-23(11-14-4-3-6-19-10-14)17(25)15(12)16(24)20-7-9-26-18-22-21-13(2)27-18/h5,8,14,19H,3-4,6-7,9-11H2,1-2H3,(H,20,24). The number of aromatic nitrogens is 3. The zero-order valence-electron chi connectivity index (χ0n) is 15.7. The molecular weight excluding hydrogens is 382 g/mol. The average molecular weight is 408 g/mol. The second-order valence-electron chi connectivity index (χ2n) is 6.73. The van der Waals surface area contributed by atoms with Crippen LogP contribution in [0, 0.1) is 19.8 Å². The highest BCUT2D eigenvalue weighted by Crippen LogP contribution is 2.21. The van der Waals surface area contributed by atoms with Crippen LogP contribution in [0.2, 0.25) is 0 Å². The molecule has 0 aliphatic carbocycles. The largest absolute Gasteiger partial charge is 0.351 e. The Morgan fingerprint density at radius 2 is 2.30 bits per heavy atom. The summed E-state index contributed by atoms with van der Waals surface area (Å²) in [6.45, 7) is 6.81. The number of pyridine rings is 1. The molecule has 1 atom stereocenters. The quantitative estimate of drug-likeness (QED) is 0.538. The number of carbonyl (C=O) groups is 1. The van der Waals surface area contributed by atoms with Gasteiger partial charge in [0.1, 0.15) is 10.6 Å². The SMILES string of the molecule is Cc1nnc(SCCNC(=O)c2c(C)ccn(CC3CCCNC3)c2=O)s1. The molecular formula is C18H25N5O2S2. The third-order valence-electron chi connectivity index (χ3n) is 4.58. The molecule has 1 fully saturated rings. The van der Waals surface area contributed by atoms with Gasteiger partial charge in [-0.1, -0.05) is 23.1 Å². The first-order valence-electron chi connectivity index (χ1n) is 9.16. The van der Waals surface area contributed by atoms with Crippen molar-refractivity contribution < 1.29 is 4.79 Å².